The van der Waals surface area contributed by atoms with Crippen molar-refractivity contribution < 1.29 is 4.79 Å². The Kier molecular flexibility index (Phi) is 3.14. The van der Waals surface area contributed by atoms with E-state index in [2.05, 4.69) is 22.4 Å². The van der Waals surface area contributed by atoms with Crippen molar-refractivity contribution in [3.05, 3.63) is 53.2 Å². The molecule has 2 aromatic rings. The topological polar surface area (TPSA) is 68.0 Å². The van der Waals surface area contributed by atoms with E-state index < -0.39 is 0 Å². The molecule has 0 saturated carbocycles. The van der Waals surface area contributed by atoms with Crippen LogP contribution in [0.15, 0.2) is 36.5 Å². The van der Waals surface area contributed by atoms with Crippen molar-refractivity contribution in [3.63, 3.8) is 0 Å². The third kappa shape index (κ3) is 2.37. The summed E-state index contributed by atoms with van der Waals surface area (Å²) in [6.07, 6.45) is 3.16. The lowest BCUT2D eigenvalue weighted by atomic mass is 10.1. The van der Waals surface area contributed by atoms with E-state index in [0.717, 1.165) is 18.4 Å². The molecule has 102 valence electrons. The number of carbonyl (C=O) groups excluding carboxylic acids is 1. The normalized spacial score (nSPS) is 14.1. The summed E-state index contributed by atoms with van der Waals surface area (Å²) < 4.78 is 0. The summed E-state index contributed by atoms with van der Waals surface area (Å²) in [7, 11) is 0. The molecule has 4 nitrogen and oxygen atoms in total. The molecule has 1 heterocycles. The number of aryl methyl sites for hydroxylation is 1. The van der Waals surface area contributed by atoms with E-state index in [4.69, 9.17) is 5.73 Å². The molecule has 0 fully saturated rings. The number of aromatic nitrogens is 1. The summed E-state index contributed by atoms with van der Waals surface area (Å²) >= 11 is 0. The first kappa shape index (κ1) is 12.7. The van der Waals surface area contributed by atoms with Gasteiger partial charge < -0.3 is 11.1 Å². The molecule has 3 N–H and O–H groups in total. The summed E-state index contributed by atoms with van der Waals surface area (Å²) in [5, 5.41) is 2.91. The highest BCUT2D eigenvalue weighted by Crippen LogP contribution is 2.27. The van der Waals surface area contributed by atoms with Gasteiger partial charge >= 0.3 is 0 Å². The maximum absolute atomic E-state index is 12.3. The van der Waals surface area contributed by atoms with Gasteiger partial charge in [-0.2, -0.15) is 0 Å². The Labute approximate surface area is 118 Å². The monoisotopic (exact) mass is 267 g/mol. The number of carbonyl (C=O) groups is 1. The summed E-state index contributed by atoms with van der Waals surface area (Å²) in [5.74, 6) is 0.618. The van der Waals surface area contributed by atoms with Crippen LogP contribution in [0.3, 0.4) is 0 Å². The molecular weight excluding hydrogens is 250 g/mol. The fraction of sp³-hybridized carbons (Fsp3) is 0.250. The lowest BCUT2D eigenvalue weighted by molar-refractivity contribution is -0.119. The number of hydrogen-bond acceptors (Lipinski definition) is 3. The molecular formula is C16H17N3O. The SMILES string of the molecule is Cc1cc(N)cnc1NC(=O)C1Cc2ccccc2C1. The molecule has 1 aliphatic rings. The Morgan fingerprint density at radius 3 is 2.55 bits per heavy atom. The van der Waals surface area contributed by atoms with Crippen LogP contribution in [-0.4, -0.2) is 10.9 Å². The number of nitrogens with two attached hydrogens (primary N) is 1. The average molecular weight is 267 g/mol. The molecule has 20 heavy (non-hydrogen) atoms. The van der Waals surface area contributed by atoms with Gasteiger partial charge in [-0.3, -0.25) is 4.79 Å². The number of hydrogen-bond donors (Lipinski definition) is 2. The number of anilines is 2. The molecule has 1 aliphatic carbocycles. The quantitative estimate of drug-likeness (QED) is 0.877. The van der Waals surface area contributed by atoms with Crippen LogP contribution in [0.1, 0.15) is 16.7 Å². The van der Waals surface area contributed by atoms with Gasteiger partial charge in [0.05, 0.1) is 11.9 Å². The second-order valence-electron chi connectivity index (χ2n) is 5.30. The van der Waals surface area contributed by atoms with Crippen LogP contribution in [0.25, 0.3) is 0 Å². The predicted octanol–water partition coefficient (Wildman–Crippen LogP) is 2.33. The van der Waals surface area contributed by atoms with Gasteiger partial charge in [-0.1, -0.05) is 24.3 Å². The Morgan fingerprint density at radius 1 is 1.30 bits per heavy atom. The van der Waals surface area contributed by atoms with Gasteiger partial charge in [0.2, 0.25) is 5.91 Å². The fourth-order valence-corrected chi connectivity index (χ4v) is 2.69. The molecule has 0 bridgehead atoms. The van der Waals surface area contributed by atoms with Gasteiger partial charge in [0, 0.05) is 5.92 Å². The fourth-order valence-electron chi connectivity index (χ4n) is 2.69. The number of amides is 1. The highest BCUT2D eigenvalue weighted by Gasteiger charge is 2.27. The molecule has 1 amide bonds. The molecule has 0 spiro atoms. The highest BCUT2D eigenvalue weighted by molar-refractivity contribution is 5.93. The van der Waals surface area contributed by atoms with Crippen LogP contribution in [0.4, 0.5) is 11.5 Å². The molecule has 0 radical (unpaired) electrons. The van der Waals surface area contributed by atoms with Crippen LogP contribution in [0.2, 0.25) is 0 Å². The lowest BCUT2D eigenvalue weighted by Crippen LogP contribution is -2.24. The zero-order chi connectivity index (χ0) is 14.1. The number of pyridine rings is 1. The van der Waals surface area contributed by atoms with Crippen molar-refractivity contribution in [1.82, 2.24) is 4.98 Å². The lowest BCUT2D eigenvalue weighted by Gasteiger charge is -2.11. The molecule has 4 heteroatoms. The van der Waals surface area contributed by atoms with E-state index >= 15 is 0 Å². The largest absolute Gasteiger partial charge is 0.397 e. The predicted molar refractivity (Wildman–Crippen MR) is 79.4 cm³/mol. The van der Waals surface area contributed by atoms with E-state index in [9.17, 15) is 4.79 Å². The maximum atomic E-state index is 12.3. The van der Waals surface area contributed by atoms with Crippen molar-refractivity contribution in [3.8, 4) is 0 Å². The van der Waals surface area contributed by atoms with Crippen molar-refractivity contribution in [2.45, 2.75) is 19.8 Å². The molecule has 1 aromatic heterocycles. The van der Waals surface area contributed by atoms with Crippen LogP contribution in [0, 0.1) is 12.8 Å². The van der Waals surface area contributed by atoms with E-state index in [0.29, 0.717) is 11.5 Å². The summed E-state index contributed by atoms with van der Waals surface area (Å²) in [6, 6.07) is 10.0. The van der Waals surface area contributed by atoms with E-state index in [-0.39, 0.29) is 11.8 Å². The van der Waals surface area contributed by atoms with Crippen molar-refractivity contribution in [1.29, 1.82) is 0 Å². The van der Waals surface area contributed by atoms with Gasteiger partial charge in [-0.25, -0.2) is 4.98 Å². The summed E-state index contributed by atoms with van der Waals surface area (Å²) in [5.41, 5.74) is 9.70. The van der Waals surface area contributed by atoms with E-state index in [1.54, 1.807) is 6.20 Å². The Bertz CT molecular complexity index is 642. The second-order valence-corrected chi connectivity index (χ2v) is 5.30. The zero-order valence-corrected chi connectivity index (χ0v) is 11.4. The third-order valence-electron chi connectivity index (χ3n) is 3.76. The Morgan fingerprint density at radius 2 is 1.95 bits per heavy atom. The number of fused-ring (bicyclic) bond motifs is 1. The number of rotatable bonds is 2. The minimum Gasteiger partial charge on any atom is -0.397 e. The van der Waals surface area contributed by atoms with Crippen LogP contribution >= 0.6 is 0 Å². The molecule has 1 aromatic carbocycles. The third-order valence-corrected chi connectivity index (χ3v) is 3.76. The minimum atomic E-state index is -0.00819. The van der Waals surface area contributed by atoms with Crippen LogP contribution in [0.5, 0.6) is 0 Å². The highest BCUT2D eigenvalue weighted by atomic mass is 16.1. The maximum Gasteiger partial charge on any atom is 0.229 e. The smallest absolute Gasteiger partial charge is 0.229 e. The van der Waals surface area contributed by atoms with Crippen LogP contribution < -0.4 is 11.1 Å². The van der Waals surface area contributed by atoms with Gasteiger partial charge in [0.1, 0.15) is 5.82 Å². The van der Waals surface area contributed by atoms with Gasteiger partial charge in [-0.15, -0.1) is 0 Å². The first-order valence-corrected chi connectivity index (χ1v) is 6.73. The van der Waals surface area contributed by atoms with Crippen molar-refractivity contribution in [2.24, 2.45) is 5.92 Å². The molecule has 0 aliphatic heterocycles. The molecule has 0 unspecified atom stereocenters. The van der Waals surface area contributed by atoms with Gasteiger partial charge in [0.15, 0.2) is 0 Å². The molecule has 3 rings (SSSR count). The standard InChI is InChI=1S/C16H17N3O/c1-10-6-14(17)9-18-15(10)19-16(20)13-7-11-4-2-3-5-12(11)8-13/h2-6,9,13H,7-8,17H2,1H3,(H,18,19,20). The first-order valence-electron chi connectivity index (χ1n) is 6.73. The first-order chi connectivity index (χ1) is 9.63. The molecule has 0 saturated heterocycles. The summed E-state index contributed by atoms with van der Waals surface area (Å²) in [6.45, 7) is 1.89. The minimum absolute atomic E-state index is 0.00819. The Balaban J connectivity index is 1.72. The molecule has 0 atom stereocenters. The van der Waals surface area contributed by atoms with Crippen molar-refractivity contribution in [2.75, 3.05) is 11.1 Å². The van der Waals surface area contributed by atoms with E-state index in [1.165, 1.54) is 11.1 Å². The number of nitrogen functional groups attached to an aromatic ring is 1. The summed E-state index contributed by atoms with van der Waals surface area (Å²) in [4.78, 5) is 16.5. The van der Waals surface area contributed by atoms with Crippen LogP contribution in [-0.2, 0) is 17.6 Å². The number of benzene rings is 1. The number of nitrogens with zero attached hydrogens (tertiary/aromatic N) is 1. The van der Waals surface area contributed by atoms with E-state index in [1.807, 2.05) is 25.1 Å². The zero-order valence-electron chi connectivity index (χ0n) is 11.4. The Hall–Kier alpha value is -2.36. The number of nitrogens with one attached hydrogen (secondary N) is 1. The average Bonchev–Trinajstić information content (AvgIpc) is 2.86. The van der Waals surface area contributed by atoms with Gasteiger partial charge in [0.25, 0.3) is 0 Å². The second kappa shape index (κ2) is 4.96. The van der Waals surface area contributed by atoms with Gasteiger partial charge in [-0.05, 0) is 42.5 Å². The van der Waals surface area contributed by atoms with Crippen molar-refractivity contribution >= 4 is 17.4 Å².